The first-order valence-electron chi connectivity index (χ1n) is 12.0. The van der Waals surface area contributed by atoms with Gasteiger partial charge in [-0.1, -0.05) is 37.5 Å². The zero-order valence-corrected chi connectivity index (χ0v) is 18.8. The molecule has 2 atom stereocenters. The quantitative estimate of drug-likeness (QED) is 0.340. The monoisotopic (exact) mass is 458 g/mol. The summed E-state index contributed by atoms with van der Waals surface area (Å²) in [5.74, 6) is 0.234. The molecule has 0 radical (unpaired) electrons. The molecule has 1 aliphatic carbocycles. The van der Waals surface area contributed by atoms with Crippen LogP contribution in [0, 0.1) is 16.0 Å². The molecule has 3 amide bonds. The molecule has 8 nitrogen and oxygen atoms in total. The fourth-order valence-electron chi connectivity index (χ4n) is 6.05. The average Bonchev–Trinajstić information content (AvgIpc) is 3.34. The number of imide groups is 1. The number of aromatic nitrogens is 1. The number of carbonyl (C=O) groups is 2. The molecule has 0 bridgehead atoms. The number of H-pyrrole nitrogens is 1. The van der Waals surface area contributed by atoms with E-state index in [0.717, 1.165) is 53.4 Å². The van der Waals surface area contributed by atoms with Crippen molar-refractivity contribution in [3.63, 3.8) is 0 Å². The molecular formula is C26H26N4O4. The minimum Gasteiger partial charge on any atom is -0.356 e. The Morgan fingerprint density at radius 1 is 1.00 bits per heavy atom. The second kappa shape index (κ2) is 7.97. The first-order valence-corrected chi connectivity index (χ1v) is 12.0. The number of hydrogen-bond donors (Lipinski definition) is 1. The largest absolute Gasteiger partial charge is 0.356 e. The minimum atomic E-state index is -0.567. The number of nitro benzene ring substituents is 1. The van der Waals surface area contributed by atoms with Gasteiger partial charge in [0.1, 0.15) is 12.1 Å². The average molecular weight is 459 g/mol. The number of benzene rings is 2. The Bertz CT molecular complexity index is 1290. The summed E-state index contributed by atoms with van der Waals surface area (Å²) < 4.78 is 0. The van der Waals surface area contributed by atoms with E-state index < -0.39 is 17.0 Å². The molecule has 3 aliphatic rings. The van der Waals surface area contributed by atoms with Crippen LogP contribution in [0.2, 0.25) is 0 Å². The summed E-state index contributed by atoms with van der Waals surface area (Å²) in [6, 6.07) is 12.9. The SMILES string of the molecule is O=C1[C@@H]2Cc3c([nH]c4ccccc34)C(c3ccc([N+](=O)[O-])cc3)N2C(=O)N1CC1CCCCC1. The van der Waals surface area contributed by atoms with Crippen LogP contribution in [0.3, 0.4) is 0 Å². The second-order valence-electron chi connectivity index (χ2n) is 9.68. The molecule has 2 aromatic carbocycles. The van der Waals surface area contributed by atoms with Crippen LogP contribution in [-0.4, -0.2) is 44.2 Å². The van der Waals surface area contributed by atoms with Crippen LogP contribution < -0.4 is 0 Å². The highest BCUT2D eigenvalue weighted by Gasteiger charge is 2.52. The molecule has 6 rings (SSSR count). The van der Waals surface area contributed by atoms with E-state index in [2.05, 4.69) is 4.98 Å². The van der Waals surface area contributed by atoms with Gasteiger partial charge in [0.15, 0.2) is 0 Å². The third-order valence-corrected chi connectivity index (χ3v) is 7.72. The zero-order chi connectivity index (χ0) is 23.4. The van der Waals surface area contributed by atoms with Gasteiger partial charge in [-0.05, 0) is 48.1 Å². The molecule has 1 N–H and O–H groups in total. The van der Waals surface area contributed by atoms with E-state index in [4.69, 9.17) is 0 Å². The second-order valence-corrected chi connectivity index (χ2v) is 9.68. The van der Waals surface area contributed by atoms with Crippen molar-refractivity contribution in [1.82, 2.24) is 14.8 Å². The Kier molecular flexibility index (Phi) is 4.90. The lowest BCUT2D eigenvalue weighted by Crippen LogP contribution is -2.44. The van der Waals surface area contributed by atoms with Gasteiger partial charge in [0.2, 0.25) is 0 Å². The summed E-state index contributed by atoms with van der Waals surface area (Å²) in [6.45, 7) is 0.479. The summed E-state index contributed by atoms with van der Waals surface area (Å²) in [5.41, 5.74) is 3.63. The van der Waals surface area contributed by atoms with E-state index in [1.165, 1.54) is 23.5 Å². The van der Waals surface area contributed by atoms with Crippen molar-refractivity contribution >= 4 is 28.5 Å². The van der Waals surface area contributed by atoms with Gasteiger partial charge < -0.3 is 4.98 Å². The van der Waals surface area contributed by atoms with Crippen molar-refractivity contribution in [3.05, 3.63) is 75.5 Å². The Morgan fingerprint density at radius 2 is 1.74 bits per heavy atom. The van der Waals surface area contributed by atoms with E-state index in [9.17, 15) is 19.7 Å². The summed E-state index contributed by atoms with van der Waals surface area (Å²) >= 11 is 0. The van der Waals surface area contributed by atoms with Gasteiger partial charge in [-0.3, -0.25) is 24.7 Å². The van der Waals surface area contributed by atoms with Gasteiger partial charge in [-0.2, -0.15) is 0 Å². The summed E-state index contributed by atoms with van der Waals surface area (Å²) in [5, 5.41) is 12.2. The van der Waals surface area contributed by atoms with Crippen molar-refractivity contribution < 1.29 is 14.5 Å². The number of nitrogens with zero attached hydrogens (tertiary/aromatic N) is 3. The number of para-hydroxylation sites is 1. The highest BCUT2D eigenvalue weighted by atomic mass is 16.6. The van der Waals surface area contributed by atoms with Crippen LogP contribution >= 0.6 is 0 Å². The Balaban J connectivity index is 1.44. The van der Waals surface area contributed by atoms with Gasteiger partial charge in [-0.25, -0.2) is 4.79 Å². The van der Waals surface area contributed by atoms with Crippen LogP contribution in [0.4, 0.5) is 10.5 Å². The molecule has 0 spiro atoms. The Morgan fingerprint density at radius 3 is 2.47 bits per heavy atom. The van der Waals surface area contributed by atoms with E-state index in [1.54, 1.807) is 17.0 Å². The Hall–Kier alpha value is -3.68. The van der Waals surface area contributed by atoms with Gasteiger partial charge >= 0.3 is 6.03 Å². The molecule has 8 heteroatoms. The topological polar surface area (TPSA) is 99.5 Å². The van der Waals surface area contributed by atoms with Crippen LogP contribution in [-0.2, 0) is 11.2 Å². The van der Waals surface area contributed by atoms with E-state index in [0.29, 0.717) is 18.9 Å². The fourth-order valence-corrected chi connectivity index (χ4v) is 6.05. The summed E-state index contributed by atoms with van der Waals surface area (Å²) in [7, 11) is 0. The maximum Gasteiger partial charge on any atom is 0.328 e. The third-order valence-electron chi connectivity index (χ3n) is 7.72. The van der Waals surface area contributed by atoms with E-state index in [-0.39, 0.29) is 17.6 Å². The number of aromatic amines is 1. The highest BCUT2D eigenvalue weighted by molar-refractivity contribution is 6.05. The number of non-ortho nitro benzene ring substituents is 1. The molecule has 3 aromatic rings. The lowest BCUT2D eigenvalue weighted by molar-refractivity contribution is -0.384. The standard InChI is InChI=1S/C26H26N4O4/c31-25-22-14-20-19-8-4-5-9-21(19)27-23(20)24(17-10-12-18(13-11-17)30(33)34)29(22)26(32)28(25)15-16-6-2-1-3-7-16/h4-5,8-13,16,22,24,27H,1-3,6-7,14-15H2/t22-,24?/m0/s1. The predicted molar refractivity (Wildman–Crippen MR) is 126 cm³/mol. The molecule has 1 saturated heterocycles. The van der Waals surface area contributed by atoms with Gasteiger partial charge in [0.25, 0.3) is 11.6 Å². The summed E-state index contributed by atoms with van der Waals surface area (Å²) in [4.78, 5) is 44.7. The number of rotatable bonds is 4. The van der Waals surface area contributed by atoms with Crippen LogP contribution in [0.1, 0.15) is 55.0 Å². The number of fused-ring (bicyclic) bond motifs is 4. The third kappa shape index (κ3) is 3.20. The molecule has 1 aromatic heterocycles. The number of nitro groups is 1. The molecule has 1 saturated carbocycles. The number of amides is 3. The number of nitrogens with one attached hydrogen (secondary N) is 1. The highest BCUT2D eigenvalue weighted by Crippen LogP contribution is 2.44. The normalized spacial score (nSPS) is 22.8. The summed E-state index contributed by atoms with van der Waals surface area (Å²) in [6.07, 6.45) is 6.09. The maximum atomic E-state index is 13.7. The number of carbonyl (C=O) groups excluding carboxylic acids is 2. The molecule has 1 unspecified atom stereocenters. The molecule has 2 fully saturated rings. The number of urea groups is 1. The van der Waals surface area contributed by atoms with Gasteiger partial charge in [0.05, 0.1) is 4.92 Å². The van der Waals surface area contributed by atoms with Crippen LogP contribution in [0.15, 0.2) is 48.5 Å². The predicted octanol–water partition coefficient (Wildman–Crippen LogP) is 4.93. The van der Waals surface area contributed by atoms with Crippen molar-refractivity contribution in [2.45, 2.75) is 50.6 Å². The lowest BCUT2D eigenvalue weighted by Gasteiger charge is -2.36. The molecule has 174 valence electrons. The van der Waals surface area contributed by atoms with Crippen molar-refractivity contribution in [2.24, 2.45) is 5.92 Å². The fraction of sp³-hybridized carbons (Fsp3) is 0.385. The van der Waals surface area contributed by atoms with E-state index >= 15 is 0 Å². The smallest absolute Gasteiger partial charge is 0.328 e. The lowest BCUT2D eigenvalue weighted by atomic mass is 9.88. The van der Waals surface area contributed by atoms with Gasteiger partial charge in [0, 0.05) is 41.7 Å². The Labute approximate surface area is 196 Å². The van der Waals surface area contributed by atoms with Crippen molar-refractivity contribution in [1.29, 1.82) is 0 Å². The molecule has 34 heavy (non-hydrogen) atoms. The molecular weight excluding hydrogens is 432 g/mol. The van der Waals surface area contributed by atoms with Crippen LogP contribution in [0.5, 0.6) is 0 Å². The molecule has 2 aliphatic heterocycles. The van der Waals surface area contributed by atoms with Crippen LogP contribution in [0.25, 0.3) is 10.9 Å². The van der Waals surface area contributed by atoms with Crippen molar-refractivity contribution in [2.75, 3.05) is 6.54 Å². The molecule has 3 heterocycles. The number of hydrogen-bond acceptors (Lipinski definition) is 4. The zero-order valence-electron chi connectivity index (χ0n) is 18.8. The first kappa shape index (κ1) is 20.9. The van der Waals surface area contributed by atoms with Crippen molar-refractivity contribution in [3.8, 4) is 0 Å². The maximum absolute atomic E-state index is 13.7. The minimum absolute atomic E-state index is 0.00395. The van der Waals surface area contributed by atoms with Gasteiger partial charge in [-0.15, -0.1) is 0 Å². The first-order chi connectivity index (χ1) is 16.5. The van der Waals surface area contributed by atoms with E-state index in [1.807, 2.05) is 24.3 Å².